The van der Waals surface area contributed by atoms with E-state index < -0.39 is 23.4 Å². The summed E-state index contributed by atoms with van der Waals surface area (Å²) in [5, 5.41) is 16.0. The molecule has 0 aromatic heterocycles. The number of nitrogens with one attached hydrogen (secondary N) is 3. The molecule has 0 rings (SSSR count). The number of carboxylic acids is 1. The van der Waals surface area contributed by atoms with E-state index >= 15 is 0 Å². The number of carbonyl (C=O) groups is 3. The summed E-state index contributed by atoms with van der Waals surface area (Å²) < 4.78 is 0. The quantitative estimate of drug-likeness (QED) is 0.474. The molecule has 0 fully saturated rings. The van der Waals surface area contributed by atoms with Crippen LogP contribution in [-0.2, 0) is 9.59 Å². The molecule has 1 atom stereocenters. The van der Waals surface area contributed by atoms with Crippen LogP contribution in [0.4, 0.5) is 4.79 Å². The summed E-state index contributed by atoms with van der Waals surface area (Å²) in [6, 6.07) is -0.643. The summed E-state index contributed by atoms with van der Waals surface area (Å²) >= 11 is 0. The number of hydrogen-bond acceptors (Lipinski definition) is 4. The van der Waals surface area contributed by atoms with Crippen LogP contribution in [0.2, 0.25) is 0 Å². The summed E-state index contributed by atoms with van der Waals surface area (Å²) in [5.74, 6) is -1.65. The van der Waals surface area contributed by atoms with Crippen molar-refractivity contribution in [3.63, 3.8) is 0 Å². The molecule has 0 aliphatic heterocycles. The largest absolute Gasteiger partial charge is 0.480 e. The Morgan fingerprint density at radius 3 is 2.44 bits per heavy atom. The minimum Gasteiger partial charge on any atom is -0.480 e. The Morgan fingerprint density at radius 2 is 2.00 bits per heavy atom. The zero-order valence-electron chi connectivity index (χ0n) is 10.6. The number of rotatable bonds is 7. The van der Waals surface area contributed by atoms with Gasteiger partial charge in [0.1, 0.15) is 5.54 Å². The van der Waals surface area contributed by atoms with Crippen LogP contribution >= 0.6 is 0 Å². The lowest BCUT2D eigenvalue weighted by Crippen LogP contribution is -2.53. The van der Waals surface area contributed by atoms with E-state index in [1.54, 1.807) is 6.92 Å². The highest BCUT2D eigenvalue weighted by Crippen LogP contribution is 2.08. The van der Waals surface area contributed by atoms with Crippen molar-refractivity contribution >= 4 is 17.9 Å². The molecule has 0 aliphatic carbocycles. The highest BCUT2D eigenvalue weighted by molar-refractivity contribution is 5.95. The van der Waals surface area contributed by atoms with Crippen LogP contribution in [0.5, 0.6) is 0 Å². The van der Waals surface area contributed by atoms with Crippen molar-refractivity contribution < 1.29 is 19.5 Å². The molecule has 0 heterocycles. The van der Waals surface area contributed by atoms with Crippen molar-refractivity contribution in [2.24, 2.45) is 0 Å². The normalized spacial score (nSPS) is 13.2. The van der Waals surface area contributed by atoms with Crippen molar-refractivity contribution in [2.75, 3.05) is 13.1 Å². The Kier molecular flexibility index (Phi) is 6.66. The smallest absolute Gasteiger partial charge is 0.323 e. The van der Waals surface area contributed by atoms with Gasteiger partial charge in [0.15, 0.2) is 0 Å². The Hall–Kier alpha value is -1.89. The van der Waals surface area contributed by atoms with Crippen molar-refractivity contribution in [3.8, 4) is 0 Å². The van der Waals surface area contributed by atoms with Gasteiger partial charge >= 0.3 is 12.0 Å². The Bertz CT molecular complexity index is 343. The molecule has 3 amide bonds. The lowest BCUT2D eigenvalue weighted by molar-refractivity contribution is -0.144. The number of hydrogen-bond donors (Lipinski definition) is 4. The standard InChI is InChI=1S/C11H19N3O4/c1-4-6-12-10(18)14-8(15)7-13-11(3,5-2)9(16)17/h4,13H,1,5-7H2,2-3H3,(H,16,17)(H2,12,14,15,18). The monoisotopic (exact) mass is 257 g/mol. The highest BCUT2D eigenvalue weighted by atomic mass is 16.4. The van der Waals surface area contributed by atoms with Crippen molar-refractivity contribution in [1.29, 1.82) is 0 Å². The molecular formula is C11H19N3O4. The molecule has 0 aromatic rings. The van der Waals surface area contributed by atoms with Crippen LogP contribution in [-0.4, -0.2) is 41.6 Å². The third-order valence-electron chi connectivity index (χ3n) is 2.48. The van der Waals surface area contributed by atoms with E-state index in [0.29, 0.717) is 6.42 Å². The summed E-state index contributed by atoms with van der Waals surface area (Å²) in [5.41, 5.74) is -1.19. The van der Waals surface area contributed by atoms with E-state index in [-0.39, 0.29) is 13.1 Å². The summed E-state index contributed by atoms with van der Waals surface area (Å²) in [6.45, 7) is 6.56. The van der Waals surface area contributed by atoms with Crippen LogP contribution in [0.1, 0.15) is 20.3 Å². The predicted molar refractivity (Wildman–Crippen MR) is 66.1 cm³/mol. The zero-order chi connectivity index (χ0) is 14.2. The first-order valence-corrected chi connectivity index (χ1v) is 5.52. The average molecular weight is 257 g/mol. The lowest BCUT2D eigenvalue weighted by atomic mass is 9.99. The van der Waals surface area contributed by atoms with Gasteiger partial charge in [-0.2, -0.15) is 0 Å². The molecule has 0 bridgehead atoms. The van der Waals surface area contributed by atoms with E-state index in [1.165, 1.54) is 13.0 Å². The molecule has 7 nitrogen and oxygen atoms in total. The number of urea groups is 1. The average Bonchev–Trinajstić information content (AvgIpc) is 2.33. The van der Waals surface area contributed by atoms with Crippen LogP contribution < -0.4 is 16.0 Å². The molecular weight excluding hydrogens is 238 g/mol. The Morgan fingerprint density at radius 1 is 1.39 bits per heavy atom. The van der Waals surface area contributed by atoms with Gasteiger partial charge in [-0.05, 0) is 13.3 Å². The van der Waals surface area contributed by atoms with Crippen molar-refractivity contribution in [1.82, 2.24) is 16.0 Å². The van der Waals surface area contributed by atoms with Gasteiger partial charge in [0, 0.05) is 6.54 Å². The van der Waals surface area contributed by atoms with Crippen molar-refractivity contribution in [2.45, 2.75) is 25.8 Å². The fraction of sp³-hybridized carbons (Fsp3) is 0.545. The second-order valence-electron chi connectivity index (χ2n) is 3.89. The molecule has 102 valence electrons. The fourth-order valence-electron chi connectivity index (χ4n) is 1.01. The molecule has 0 radical (unpaired) electrons. The minimum absolute atomic E-state index is 0.244. The van der Waals surface area contributed by atoms with Gasteiger partial charge in [-0.15, -0.1) is 6.58 Å². The molecule has 0 aromatic carbocycles. The van der Waals surface area contributed by atoms with E-state index in [9.17, 15) is 14.4 Å². The molecule has 1 unspecified atom stereocenters. The van der Waals surface area contributed by atoms with Crippen LogP contribution in [0, 0.1) is 0 Å². The summed E-state index contributed by atoms with van der Waals surface area (Å²) in [4.78, 5) is 33.4. The predicted octanol–water partition coefficient (Wildman–Crippen LogP) is -0.159. The van der Waals surface area contributed by atoms with Gasteiger partial charge in [-0.25, -0.2) is 4.79 Å². The van der Waals surface area contributed by atoms with E-state index in [2.05, 4.69) is 22.5 Å². The molecule has 18 heavy (non-hydrogen) atoms. The lowest BCUT2D eigenvalue weighted by Gasteiger charge is -2.24. The van der Waals surface area contributed by atoms with Gasteiger partial charge in [-0.1, -0.05) is 13.0 Å². The first kappa shape index (κ1) is 16.1. The first-order chi connectivity index (χ1) is 8.35. The van der Waals surface area contributed by atoms with Gasteiger partial charge in [0.05, 0.1) is 6.54 Å². The Balaban J connectivity index is 4.14. The molecule has 7 heteroatoms. The second-order valence-corrected chi connectivity index (χ2v) is 3.89. The van der Waals surface area contributed by atoms with Crippen molar-refractivity contribution in [3.05, 3.63) is 12.7 Å². The van der Waals surface area contributed by atoms with Gasteiger partial charge < -0.3 is 10.4 Å². The van der Waals surface area contributed by atoms with Crippen LogP contribution in [0.25, 0.3) is 0 Å². The molecule has 0 saturated heterocycles. The molecule has 0 spiro atoms. The maximum atomic E-state index is 11.3. The summed E-state index contributed by atoms with van der Waals surface area (Å²) in [7, 11) is 0. The Labute approximate surface area is 106 Å². The summed E-state index contributed by atoms with van der Waals surface area (Å²) in [6.07, 6.45) is 1.79. The fourth-order valence-corrected chi connectivity index (χ4v) is 1.01. The van der Waals surface area contributed by atoms with E-state index in [1.807, 2.05) is 0 Å². The van der Waals surface area contributed by atoms with Crippen LogP contribution in [0.15, 0.2) is 12.7 Å². The third kappa shape index (κ3) is 5.44. The number of aliphatic carboxylic acids is 1. The topological polar surface area (TPSA) is 108 Å². The van der Waals surface area contributed by atoms with Gasteiger partial charge in [0.25, 0.3) is 0 Å². The maximum absolute atomic E-state index is 11.3. The minimum atomic E-state index is -1.19. The SMILES string of the molecule is C=CCNC(=O)NC(=O)CNC(C)(CC)C(=O)O. The highest BCUT2D eigenvalue weighted by Gasteiger charge is 2.30. The van der Waals surface area contributed by atoms with E-state index in [0.717, 1.165) is 0 Å². The molecule has 0 saturated carbocycles. The third-order valence-corrected chi connectivity index (χ3v) is 2.48. The molecule has 0 aliphatic rings. The number of imide groups is 1. The number of carbonyl (C=O) groups excluding carboxylic acids is 2. The zero-order valence-corrected chi connectivity index (χ0v) is 10.6. The van der Waals surface area contributed by atoms with Gasteiger partial charge in [-0.3, -0.25) is 20.2 Å². The van der Waals surface area contributed by atoms with Gasteiger partial charge in [0.2, 0.25) is 5.91 Å². The second kappa shape index (κ2) is 7.44. The molecule has 4 N–H and O–H groups in total. The van der Waals surface area contributed by atoms with Crippen LogP contribution in [0.3, 0.4) is 0 Å². The maximum Gasteiger partial charge on any atom is 0.323 e. The first-order valence-electron chi connectivity index (χ1n) is 5.52. The number of carboxylic acid groups (broad SMARTS) is 1. The number of amides is 3. The van der Waals surface area contributed by atoms with E-state index in [4.69, 9.17) is 5.11 Å².